The molecule has 1 N–H and O–H groups in total. The largest absolute Gasteiger partial charge is 0.435 e. The van der Waals surface area contributed by atoms with Gasteiger partial charge in [0.15, 0.2) is 0 Å². The number of alkyl halides is 2. The average Bonchev–Trinajstić information content (AvgIpc) is 2.45. The fraction of sp³-hybridized carbons (Fsp3) is 0.529. The first-order chi connectivity index (χ1) is 10.0. The highest BCUT2D eigenvalue weighted by atomic mass is 19.3. The Kier molecular flexibility index (Phi) is 7.78. The third-order valence-electron chi connectivity index (χ3n) is 3.39. The summed E-state index contributed by atoms with van der Waals surface area (Å²) in [6, 6.07) is 7.51. The van der Waals surface area contributed by atoms with Crippen LogP contribution in [0.15, 0.2) is 24.3 Å². The lowest BCUT2D eigenvalue weighted by molar-refractivity contribution is -0.0498. The van der Waals surface area contributed by atoms with Gasteiger partial charge in [0, 0.05) is 18.5 Å². The fourth-order valence-electron chi connectivity index (χ4n) is 2.17. The second kappa shape index (κ2) is 9.36. The molecule has 0 aliphatic heterocycles. The van der Waals surface area contributed by atoms with E-state index in [2.05, 4.69) is 29.8 Å². The number of hydrogen-bond donors (Lipinski definition) is 1. The first kappa shape index (κ1) is 17.5. The Hall–Kier alpha value is -1.60. The van der Waals surface area contributed by atoms with Gasteiger partial charge in [-0.05, 0) is 43.9 Å². The zero-order valence-corrected chi connectivity index (χ0v) is 12.6. The molecule has 0 saturated carbocycles. The summed E-state index contributed by atoms with van der Waals surface area (Å²) in [7, 11) is 0. The standard InChI is InChI=1S/C17H23F2NO/c1-4-6-15(5-2)20-13(3)7-8-14-9-11-16(12-10-14)21-17(18)19/h1,9-13,15,17,20H,5-8H2,2-3H3. The highest BCUT2D eigenvalue weighted by molar-refractivity contribution is 5.27. The van der Waals surface area contributed by atoms with Gasteiger partial charge in [-0.25, -0.2) is 0 Å². The quantitative estimate of drug-likeness (QED) is 0.695. The van der Waals surface area contributed by atoms with Crippen LogP contribution < -0.4 is 10.1 Å². The predicted molar refractivity (Wildman–Crippen MR) is 81.5 cm³/mol. The molecule has 21 heavy (non-hydrogen) atoms. The fourth-order valence-corrected chi connectivity index (χ4v) is 2.17. The average molecular weight is 295 g/mol. The molecule has 1 aromatic rings. The number of ether oxygens (including phenoxy) is 1. The summed E-state index contributed by atoms with van der Waals surface area (Å²) < 4.78 is 28.4. The molecule has 0 fully saturated rings. The van der Waals surface area contributed by atoms with Crippen LogP contribution in [0.4, 0.5) is 8.78 Å². The molecule has 0 aliphatic carbocycles. The molecule has 0 aromatic heterocycles. The summed E-state index contributed by atoms with van der Waals surface area (Å²) in [6.07, 6.45) is 8.94. The van der Waals surface area contributed by atoms with Crippen LogP contribution in [0.3, 0.4) is 0 Å². The van der Waals surface area contributed by atoms with Crippen molar-refractivity contribution in [1.29, 1.82) is 0 Å². The Morgan fingerprint density at radius 3 is 2.48 bits per heavy atom. The molecular weight excluding hydrogens is 272 g/mol. The van der Waals surface area contributed by atoms with E-state index in [1.165, 1.54) is 0 Å². The Morgan fingerprint density at radius 1 is 1.29 bits per heavy atom. The Morgan fingerprint density at radius 2 is 1.95 bits per heavy atom. The minimum absolute atomic E-state index is 0.194. The number of nitrogens with one attached hydrogen (secondary N) is 1. The number of hydrogen-bond acceptors (Lipinski definition) is 2. The third-order valence-corrected chi connectivity index (χ3v) is 3.39. The Balaban J connectivity index is 2.39. The zero-order valence-electron chi connectivity index (χ0n) is 12.6. The van der Waals surface area contributed by atoms with Gasteiger partial charge in [-0.15, -0.1) is 12.3 Å². The van der Waals surface area contributed by atoms with E-state index in [-0.39, 0.29) is 5.75 Å². The van der Waals surface area contributed by atoms with Crippen LogP contribution in [0.1, 0.15) is 38.7 Å². The molecule has 0 aliphatic rings. The van der Waals surface area contributed by atoms with Crippen LogP contribution in [0, 0.1) is 12.3 Å². The van der Waals surface area contributed by atoms with Gasteiger partial charge in [-0.2, -0.15) is 8.78 Å². The van der Waals surface area contributed by atoms with E-state index < -0.39 is 6.61 Å². The summed E-state index contributed by atoms with van der Waals surface area (Å²) in [6.45, 7) is 1.47. The van der Waals surface area contributed by atoms with Crippen molar-refractivity contribution in [2.24, 2.45) is 0 Å². The van der Waals surface area contributed by atoms with Crippen molar-refractivity contribution in [2.75, 3.05) is 0 Å². The van der Waals surface area contributed by atoms with Gasteiger partial charge in [-0.1, -0.05) is 19.1 Å². The van der Waals surface area contributed by atoms with Gasteiger partial charge in [0.2, 0.25) is 0 Å². The third kappa shape index (κ3) is 7.10. The van der Waals surface area contributed by atoms with Crippen molar-refractivity contribution in [3.63, 3.8) is 0 Å². The van der Waals surface area contributed by atoms with E-state index in [1.807, 2.05) is 12.1 Å². The predicted octanol–water partition coefficient (Wildman–Crippen LogP) is 4.00. The normalized spacial score (nSPS) is 13.7. The van der Waals surface area contributed by atoms with Crippen molar-refractivity contribution in [3.8, 4) is 18.1 Å². The Labute approximate surface area is 125 Å². The number of benzene rings is 1. The summed E-state index contributed by atoms with van der Waals surface area (Å²) in [5.74, 6) is 2.88. The van der Waals surface area contributed by atoms with Crippen molar-refractivity contribution in [3.05, 3.63) is 29.8 Å². The number of terminal acetylenes is 1. The molecule has 116 valence electrons. The molecule has 0 bridgehead atoms. The highest BCUT2D eigenvalue weighted by Crippen LogP contribution is 2.16. The maximum Gasteiger partial charge on any atom is 0.387 e. The lowest BCUT2D eigenvalue weighted by Gasteiger charge is -2.20. The van der Waals surface area contributed by atoms with Gasteiger partial charge < -0.3 is 10.1 Å². The SMILES string of the molecule is C#CCC(CC)NC(C)CCc1ccc(OC(F)F)cc1. The monoisotopic (exact) mass is 295 g/mol. The maximum atomic E-state index is 12.0. The van der Waals surface area contributed by atoms with Crippen LogP contribution in [0.5, 0.6) is 5.75 Å². The van der Waals surface area contributed by atoms with Gasteiger partial charge >= 0.3 is 6.61 Å². The number of halogens is 2. The van der Waals surface area contributed by atoms with E-state index >= 15 is 0 Å². The van der Waals surface area contributed by atoms with E-state index in [9.17, 15) is 8.78 Å². The molecule has 1 rings (SSSR count). The summed E-state index contributed by atoms with van der Waals surface area (Å²) in [5.41, 5.74) is 1.11. The van der Waals surface area contributed by atoms with Crippen molar-refractivity contribution in [2.45, 2.75) is 58.2 Å². The zero-order chi connectivity index (χ0) is 15.7. The minimum atomic E-state index is -2.78. The van der Waals surface area contributed by atoms with E-state index in [0.29, 0.717) is 12.1 Å². The molecular formula is C17H23F2NO. The molecule has 0 radical (unpaired) electrons. The highest BCUT2D eigenvalue weighted by Gasteiger charge is 2.09. The molecule has 0 heterocycles. The molecule has 0 saturated heterocycles. The number of aryl methyl sites for hydroxylation is 1. The van der Waals surface area contributed by atoms with E-state index in [4.69, 9.17) is 6.42 Å². The maximum absolute atomic E-state index is 12.0. The lowest BCUT2D eigenvalue weighted by atomic mass is 10.0. The topological polar surface area (TPSA) is 21.3 Å². The van der Waals surface area contributed by atoms with Gasteiger partial charge in [0.05, 0.1) is 0 Å². The van der Waals surface area contributed by atoms with Crippen molar-refractivity contribution in [1.82, 2.24) is 5.32 Å². The molecule has 0 spiro atoms. The van der Waals surface area contributed by atoms with Gasteiger partial charge in [0.1, 0.15) is 5.75 Å². The van der Waals surface area contributed by atoms with Crippen molar-refractivity contribution < 1.29 is 13.5 Å². The van der Waals surface area contributed by atoms with Crippen LogP contribution in [-0.4, -0.2) is 18.7 Å². The van der Waals surface area contributed by atoms with E-state index in [0.717, 1.165) is 31.2 Å². The molecule has 1 aromatic carbocycles. The minimum Gasteiger partial charge on any atom is -0.435 e. The summed E-state index contributed by atoms with van der Waals surface area (Å²) in [5, 5.41) is 3.51. The molecule has 0 amide bonds. The Bertz CT molecular complexity index is 439. The molecule has 2 nitrogen and oxygen atoms in total. The van der Waals surface area contributed by atoms with Crippen LogP contribution >= 0.6 is 0 Å². The first-order valence-electron chi connectivity index (χ1n) is 7.28. The second-order valence-electron chi connectivity index (χ2n) is 5.14. The summed E-state index contributed by atoms with van der Waals surface area (Å²) in [4.78, 5) is 0. The molecule has 2 unspecified atom stereocenters. The van der Waals surface area contributed by atoms with Crippen LogP contribution in [0.25, 0.3) is 0 Å². The van der Waals surface area contributed by atoms with Gasteiger partial charge in [0.25, 0.3) is 0 Å². The lowest BCUT2D eigenvalue weighted by Crippen LogP contribution is -2.36. The molecule has 4 heteroatoms. The number of rotatable bonds is 9. The second-order valence-corrected chi connectivity index (χ2v) is 5.14. The van der Waals surface area contributed by atoms with Crippen LogP contribution in [-0.2, 0) is 6.42 Å². The van der Waals surface area contributed by atoms with E-state index in [1.54, 1.807) is 12.1 Å². The molecule has 2 atom stereocenters. The van der Waals surface area contributed by atoms with Crippen molar-refractivity contribution >= 4 is 0 Å². The first-order valence-corrected chi connectivity index (χ1v) is 7.28. The van der Waals surface area contributed by atoms with Crippen LogP contribution in [0.2, 0.25) is 0 Å². The van der Waals surface area contributed by atoms with Gasteiger partial charge in [-0.3, -0.25) is 0 Å². The smallest absolute Gasteiger partial charge is 0.387 e. The summed E-state index contributed by atoms with van der Waals surface area (Å²) >= 11 is 0.